The number of rotatable bonds is 9. The van der Waals surface area contributed by atoms with Gasteiger partial charge in [0.2, 0.25) is 5.13 Å². The summed E-state index contributed by atoms with van der Waals surface area (Å²) in [5, 5.41) is 21.4. The molecule has 2 aromatic rings. The van der Waals surface area contributed by atoms with E-state index in [4.69, 9.17) is 0 Å². The highest BCUT2D eigenvalue weighted by atomic mass is 32.1. The van der Waals surface area contributed by atoms with Gasteiger partial charge in [-0.15, -0.1) is 10.2 Å². The number of hydrogen-bond acceptors (Lipinski definition) is 5. The molecule has 0 radical (unpaired) electrons. The molecular weight excluding hydrogens is 344 g/mol. The van der Waals surface area contributed by atoms with Crippen molar-refractivity contribution in [1.82, 2.24) is 10.2 Å². The Morgan fingerprint density at radius 3 is 2.81 bits per heavy atom. The maximum absolute atomic E-state index is 12.3. The fourth-order valence-corrected chi connectivity index (χ4v) is 3.30. The zero-order valence-corrected chi connectivity index (χ0v) is 16.1. The lowest BCUT2D eigenvalue weighted by Crippen LogP contribution is -2.13. The van der Waals surface area contributed by atoms with Crippen LogP contribution in [-0.4, -0.2) is 16.1 Å². The minimum atomic E-state index is -0.459. The van der Waals surface area contributed by atoms with Crippen LogP contribution in [0.25, 0.3) is 6.08 Å². The van der Waals surface area contributed by atoms with Gasteiger partial charge in [0, 0.05) is 6.42 Å². The zero-order chi connectivity index (χ0) is 18.8. The molecule has 0 unspecified atom stereocenters. The van der Waals surface area contributed by atoms with Crippen molar-refractivity contribution >= 4 is 28.5 Å². The number of unbranched alkanes of at least 4 members (excludes halogenated alkanes) is 4. The number of anilines is 1. The van der Waals surface area contributed by atoms with Crippen LogP contribution in [0.15, 0.2) is 29.8 Å². The minimum Gasteiger partial charge on any atom is -0.296 e. The third kappa shape index (κ3) is 6.41. The number of aryl methyl sites for hydroxylation is 2. The number of hydrogen-bond donors (Lipinski definition) is 1. The maximum Gasteiger partial charge on any atom is 0.268 e. The summed E-state index contributed by atoms with van der Waals surface area (Å²) in [5.41, 5.74) is 1.94. The Bertz CT molecular complexity index is 804. The summed E-state index contributed by atoms with van der Waals surface area (Å²) in [7, 11) is 0. The first-order valence-corrected chi connectivity index (χ1v) is 9.76. The van der Waals surface area contributed by atoms with Crippen molar-refractivity contribution in [2.45, 2.75) is 52.4 Å². The molecule has 2 rings (SSSR count). The summed E-state index contributed by atoms with van der Waals surface area (Å²) in [5.74, 6) is -0.459. The fraction of sp³-hybridized carbons (Fsp3) is 0.400. The molecule has 136 valence electrons. The summed E-state index contributed by atoms with van der Waals surface area (Å²) >= 11 is 1.37. The predicted molar refractivity (Wildman–Crippen MR) is 106 cm³/mol. The number of benzene rings is 1. The van der Waals surface area contributed by atoms with Crippen molar-refractivity contribution in [3.05, 3.63) is 46.0 Å². The maximum atomic E-state index is 12.3. The van der Waals surface area contributed by atoms with Gasteiger partial charge in [-0.05, 0) is 25.0 Å². The Morgan fingerprint density at radius 2 is 2.08 bits per heavy atom. The van der Waals surface area contributed by atoms with Gasteiger partial charge in [0.25, 0.3) is 5.91 Å². The molecule has 6 heteroatoms. The Labute approximate surface area is 158 Å². The summed E-state index contributed by atoms with van der Waals surface area (Å²) in [6.07, 6.45) is 8.47. The lowest BCUT2D eigenvalue weighted by atomic mass is 10.1. The number of carbonyl (C=O) groups excluding carboxylic acids is 1. The second-order valence-corrected chi connectivity index (χ2v) is 7.27. The van der Waals surface area contributed by atoms with Crippen LogP contribution in [0, 0.1) is 18.3 Å². The van der Waals surface area contributed by atoms with E-state index >= 15 is 0 Å². The zero-order valence-electron chi connectivity index (χ0n) is 15.3. The van der Waals surface area contributed by atoms with Gasteiger partial charge in [-0.1, -0.05) is 73.8 Å². The van der Waals surface area contributed by atoms with Crippen LogP contribution in [0.1, 0.15) is 55.2 Å². The van der Waals surface area contributed by atoms with E-state index in [9.17, 15) is 10.1 Å². The second kappa shape index (κ2) is 10.5. The summed E-state index contributed by atoms with van der Waals surface area (Å²) in [6, 6.07) is 9.60. The number of amides is 1. The Hall–Kier alpha value is -2.52. The average molecular weight is 369 g/mol. The monoisotopic (exact) mass is 368 g/mol. The average Bonchev–Trinajstić information content (AvgIpc) is 3.06. The molecule has 1 aromatic carbocycles. The molecule has 1 amide bonds. The van der Waals surface area contributed by atoms with E-state index in [-0.39, 0.29) is 5.57 Å². The molecule has 1 aromatic heterocycles. The van der Waals surface area contributed by atoms with Gasteiger partial charge in [0.15, 0.2) is 0 Å². The Morgan fingerprint density at radius 1 is 1.27 bits per heavy atom. The number of nitriles is 1. The van der Waals surface area contributed by atoms with Crippen LogP contribution in [-0.2, 0) is 11.2 Å². The predicted octanol–water partition coefficient (Wildman–Crippen LogP) is 4.91. The molecule has 0 bridgehead atoms. The van der Waals surface area contributed by atoms with Gasteiger partial charge in [-0.2, -0.15) is 5.26 Å². The van der Waals surface area contributed by atoms with Crippen LogP contribution in [0.4, 0.5) is 5.13 Å². The summed E-state index contributed by atoms with van der Waals surface area (Å²) < 4.78 is 0. The van der Waals surface area contributed by atoms with Crippen molar-refractivity contribution in [2.75, 3.05) is 5.32 Å². The molecule has 0 saturated carbocycles. The van der Waals surface area contributed by atoms with Gasteiger partial charge < -0.3 is 0 Å². The molecular formula is C20H24N4OS. The van der Waals surface area contributed by atoms with Crippen molar-refractivity contribution in [3.63, 3.8) is 0 Å². The molecule has 1 heterocycles. The normalized spacial score (nSPS) is 11.2. The van der Waals surface area contributed by atoms with Gasteiger partial charge in [0.05, 0.1) is 0 Å². The number of aromatic nitrogens is 2. The molecule has 5 nitrogen and oxygen atoms in total. The smallest absolute Gasteiger partial charge is 0.268 e. The van der Waals surface area contributed by atoms with Crippen LogP contribution in [0.2, 0.25) is 0 Å². The lowest BCUT2D eigenvalue weighted by molar-refractivity contribution is -0.112. The molecule has 0 saturated heterocycles. The Balaban J connectivity index is 1.93. The van der Waals surface area contributed by atoms with Gasteiger partial charge in [-0.25, -0.2) is 0 Å². The van der Waals surface area contributed by atoms with E-state index in [1.807, 2.05) is 37.3 Å². The van der Waals surface area contributed by atoms with Crippen LogP contribution in [0.5, 0.6) is 0 Å². The SMILES string of the molecule is CCCCCCCc1nnc(NC(=O)/C(C#N)=C\c2cccc(C)c2)s1. The van der Waals surface area contributed by atoms with E-state index in [0.717, 1.165) is 29.0 Å². The number of nitrogens with one attached hydrogen (secondary N) is 1. The molecule has 1 N–H and O–H groups in total. The third-order valence-electron chi connectivity index (χ3n) is 3.90. The molecule has 0 atom stereocenters. The molecule has 0 fully saturated rings. The van der Waals surface area contributed by atoms with E-state index in [2.05, 4.69) is 22.4 Å². The van der Waals surface area contributed by atoms with Crippen LogP contribution < -0.4 is 5.32 Å². The number of nitrogens with zero attached hydrogens (tertiary/aromatic N) is 3. The summed E-state index contributed by atoms with van der Waals surface area (Å²) in [6.45, 7) is 4.16. The summed E-state index contributed by atoms with van der Waals surface area (Å²) in [4.78, 5) is 12.3. The van der Waals surface area contributed by atoms with E-state index in [1.165, 1.54) is 37.0 Å². The van der Waals surface area contributed by atoms with Crippen molar-refractivity contribution in [1.29, 1.82) is 5.26 Å². The first kappa shape index (κ1) is 19.8. The third-order valence-corrected chi connectivity index (χ3v) is 4.80. The first-order valence-electron chi connectivity index (χ1n) is 8.94. The number of carbonyl (C=O) groups is 1. The van der Waals surface area contributed by atoms with Crippen LogP contribution >= 0.6 is 11.3 Å². The molecule has 0 aliphatic rings. The Kier molecular flexibility index (Phi) is 7.97. The van der Waals surface area contributed by atoms with E-state index < -0.39 is 5.91 Å². The molecule has 0 spiro atoms. The molecule has 26 heavy (non-hydrogen) atoms. The first-order chi connectivity index (χ1) is 12.6. The topological polar surface area (TPSA) is 78.7 Å². The fourth-order valence-electron chi connectivity index (χ4n) is 2.52. The highest BCUT2D eigenvalue weighted by Crippen LogP contribution is 2.19. The van der Waals surface area contributed by atoms with E-state index in [1.54, 1.807) is 6.08 Å². The quantitative estimate of drug-likeness (QED) is 0.388. The largest absolute Gasteiger partial charge is 0.296 e. The van der Waals surface area contributed by atoms with Gasteiger partial charge >= 0.3 is 0 Å². The molecule has 0 aliphatic heterocycles. The lowest BCUT2D eigenvalue weighted by Gasteiger charge is -2.00. The van der Waals surface area contributed by atoms with Crippen LogP contribution in [0.3, 0.4) is 0 Å². The molecule has 0 aliphatic carbocycles. The highest BCUT2D eigenvalue weighted by Gasteiger charge is 2.13. The van der Waals surface area contributed by atoms with Crippen molar-refractivity contribution < 1.29 is 4.79 Å². The van der Waals surface area contributed by atoms with Gasteiger partial charge in [0.1, 0.15) is 16.6 Å². The highest BCUT2D eigenvalue weighted by molar-refractivity contribution is 7.15. The van der Waals surface area contributed by atoms with Gasteiger partial charge in [-0.3, -0.25) is 10.1 Å². The minimum absolute atomic E-state index is 0.0481. The standard InChI is InChI=1S/C20H24N4OS/c1-3-4-5-6-7-11-18-23-24-20(26-18)22-19(25)17(14-21)13-16-10-8-9-15(2)12-16/h8-10,12-13H,3-7,11H2,1-2H3,(H,22,24,25)/b17-13-. The second-order valence-electron chi connectivity index (χ2n) is 6.20. The van der Waals surface area contributed by atoms with Crippen molar-refractivity contribution in [2.24, 2.45) is 0 Å². The van der Waals surface area contributed by atoms with Crippen molar-refractivity contribution in [3.8, 4) is 6.07 Å². The van der Waals surface area contributed by atoms with E-state index in [0.29, 0.717) is 5.13 Å².